The van der Waals surface area contributed by atoms with Crippen LogP contribution >= 0.6 is 0 Å². The zero-order chi connectivity index (χ0) is 12.3. The Morgan fingerprint density at radius 3 is 2.65 bits per heavy atom. The Hall–Kier alpha value is -1.12. The predicted octanol–water partition coefficient (Wildman–Crippen LogP) is 3.34. The molecule has 1 aromatic heterocycles. The van der Waals surface area contributed by atoms with Gasteiger partial charge in [0.05, 0.1) is 0 Å². The molecule has 17 heavy (non-hydrogen) atoms. The molecule has 1 fully saturated rings. The Morgan fingerprint density at radius 2 is 2.00 bits per heavy atom. The minimum atomic E-state index is 0.464. The zero-order valence-corrected chi connectivity index (χ0v) is 11.2. The Labute approximate surface area is 104 Å². The van der Waals surface area contributed by atoms with E-state index in [9.17, 15) is 0 Å². The van der Waals surface area contributed by atoms with Crippen LogP contribution in [0, 0.1) is 12.3 Å². The summed E-state index contributed by atoms with van der Waals surface area (Å²) in [5, 5.41) is 3.49. The number of hydrogen-bond donors (Lipinski definition) is 1. The SMILES string of the molecule is CCc1cc(NCC2(C)CCCC2)nc(C)n1. The highest BCUT2D eigenvalue weighted by Crippen LogP contribution is 2.37. The minimum Gasteiger partial charge on any atom is -0.369 e. The van der Waals surface area contributed by atoms with Gasteiger partial charge in [-0.05, 0) is 31.6 Å². The van der Waals surface area contributed by atoms with Crippen LogP contribution in [-0.2, 0) is 6.42 Å². The maximum Gasteiger partial charge on any atom is 0.129 e. The van der Waals surface area contributed by atoms with Crippen LogP contribution in [0.4, 0.5) is 5.82 Å². The molecule has 1 heterocycles. The molecule has 0 saturated heterocycles. The second kappa shape index (κ2) is 5.03. The van der Waals surface area contributed by atoms with Crippen molar-refractivity contribution < 1.29 is 0 Å². The molecular weight excluding hydrogens is 210 g/mol. The van der Waals surface area contributed by atoms with Crippen LogP contribution in [0.25, 0.3) is 0 Å². The summed E-state index contributed by atoms with van der Waals surface area (Å²) in [7, 11) is 0. The third kappa shape index (κ3) is 3.18. The average molecular weight is 233 g/mol. The van der Waals surface area contributed by atoms with Crippen LogP contribution < -0.4 is 5.32 Å². The Balaban J connectivity index is 2.00. The lowest BCUT2D eigenvalue weighted by Crippen LogP contribution is -2.23. The Morgan fingerprint density at radius 1 is 1.29 bits per heavy atom. The smallest absolute Gasteiger partial charge is 0.129 e. The van der Waals surface area contributed by atoms with Gasteiger partial charge in [0.25, 0.3) is 0 Å². The zero-order valence-electron chi connectivity index (χ0n) is 11.2. The Kier molecular flexibility index (Phi) is 3.65. The van der Waals surface area contributed by atoms with Gasteiger partial charge in [-0.25, -0.2) is 9.97 Å². The fraction of sp³-hybridized carbons (Fsp3) is 0.714. The van der Waals surface area contributed by atoms with Crippen LogP contribution in [0.3, 0.4) is 0 Å². The van der Waals surface area contributed by atoms with Gasteiger partial charge in [-0.1, -0.05) is 26.7 Å². The summed E-state index contributed by atoms with van der Waals surface area (Å²) in [5.74, 6) is 1.85. The van der Waals surface area contributed by atoms with Gasteiger partial charge in [-0.2, -0.15) is 0 Å². The molecular formula is C14H23N3. The first kappa shape index (κ1) is 12.3. The van der Waals surface area contributed by atoms with Crippen LogP contribution in [0.1, 0.15) is 51.0 Å². The van der Waals surface area contributed by atoms with E-state index in [4.69, 9.17) is 0 Å². The summed E-state index contributed by atoms with van der Waals surface area (Å²) in [4.78, 5) is 8.85. The highest BCUT2D eigenvalue weighted by molar-refractivity contribution is 5.36. The monoisotopic (exact) mass is 233 g/mol. The average Bonchev–Trinajstić information content (AvgIpc) is 2.73. The molecule has 0 spiro atoms. The van der Waals surface area contributed by atoms with E-state index < -0.39 is 0 Å². The van der Waals surface area contributed by atoms with Gasteiger partial charge in [-0.15, -0.1) is 0 Å². The van der Waals surface area contributed by atoms with Gasteiger partial charge in [0.15, 0.2) is 0 Å². The number of rotatable bonds is 4. The highest BCUT2D eigenvalue weighted by atomic mass is 15.0. The van der Waals surface area contributed by atoms with Crippen LogP contribution in [0.2, 0.25) is 0 Å². The molecule has 94 valence electrons. The van der Waals surface area contributed by atoms with Crippen molar-refractivity contribution in [1.29, 1.82) is 0 Å². The predicted molar refractivity (Wildman–Crippen MR) is 71.2 cm³/mol. The van der Waals surface area contributed by atoms with E-state index in [-0.39, 0.29) is 0 Å². The summed E-state index contributed by atoms with van der Waals surface area (Å²) in [6.45, 7) is 7.50. The summed E-state index contributed by atoms with van der Waals surface area (Å²) in [6.07, 6.45) is 6.40. The van der Waals surface area contributed by atoms with Gasteiger partial charge in [0.2, 0.25) is 0 Å². The van der Waals surface area contributed by atoms with Crippen LogP contribution in [0.5, 0.6) is 0 Å². The highest BCUT2D eigenvalue weighted by Gasteiger charge is 2.28. The van der Waals surface area contributed by atoms with Gasteiger partial charge in [-0.3, -0.25) is 0 Å². The molecule has 1 aliphatic rings. The van der Waals surface area contributed by atoms with E-state index in [1.54, 1.807) is 0 Å². The van der Waals surface area contributed by atoms with Crippen molar-refractivity contribution in [2.75, 3.05) is 11.9 Å². The van der Waals surface area contributed by atoms with Crippen molar-refractivity contribution in [3.05, 3.63) is 17.6 Å². The van der Waals surface area contributed by atoms with E-state index in [1.807, 2.05) is 6.92 Å². The van der Waals surface area contributed by atoms with E-state index in [0.717, 1.165) is 30.3 Å². The molecule has 0 aliphatic heterocycles. The third-order valence-corrected chi connectivity index (χ3v) is 3.76. The molecule has 1 aromatic rings. The quantitative estimate of drug-likeness (QED) is 0.866. The van der Waals surface area contributed by atoms with Gasteiger partial charge in [0, 0.05) is 18.3 Å². The fourth-order valence-electron chi connectivity index (χ4n) is 2.61. The van der Waals surface area contributed by atoms with Gasteiger partial charge in [0.1, 0.15) is 11.6 Å². The van der Waals surface area contributed by atoms with Gasteiger partial charge >= 0.3 is 0 Å². The number of aryl methyl sites for hydroxylation is 2. The molecule has 2 rings (SSSR count). The first-order valence-electron chi connectivity index (χ1n) is 6.70. The second-order valence-electron chi connectivity index (χ2n) is 5.52. The first-order chi connectivity index (χ1) is 8.11. The number of anilines is 1. The van der Waals surface area contributed by atoms with E-state index in [2.05, 4.69) is 35.2 Å². The summed E-state index contributed by atoms with van der Waals surface area (Å²) in [5.41, 5.74) is 1.59. The number of hydrogen-bond acceptors (Lipinski definition) is 3. The molecule has 0 unspecified atom stereocenters. The lowest BCUT2D eigenvalue weighted by molar-refractivity contribution is 0.361. The standard InChI is InChI=1S/C14H23N3/c1-4-12-9-13(17-11(2)16-12)15-10-14(3)7-5-6-8-14/h9H,4-8,10H2,1-3H3,(H,15,16,17). The second-order valence-corrected chi connectivity index (χ2v) is 5.52. The van der Waals surface area contributed by atoms with Crippen molar-refractivity contribution in [3.63, 3.8) is 0 Å². The summed E-state index contributed by atoms with van der Waals surface area (Å²) >= 11 is 0. The molecule has 0 atom stereocenters. The van der Waals surface area contributed by atoms with Crippen molar-refractivity contribution in [2.45, 2.75) is 52.9 Å². The molecule has 3 heteroatoms. The molecule has 1 aliphatic carbocycles. The van der Waals surface area contributed by atoms with Gasteiger partial charge < -0.3 is 5.32 Å². The van der Waals surface area contributed by atoms with Crippen molar-refractivity contribution in [1.82, 2.24) is 9.97 Å². The Bertz CT molecular complexity index is 381. The topological polar surface area (TPSA) is 37.8 Å². The molecule has 0 aromatic carbocycles. The first-order valence-corrected chi connectivity index (χ1v) is 6.70. The fourth-order valence-corrected chi connectivity index (χ4v) is 2.61. The maximum absolute atomic E-state index is 4.45. The lowest BCUT2D eigenvalue weighted by atomic mass is 9.89. The molecule has 0 amide bonds. The molecule has 0 bridgehead atoms. The molecule has 3 nitrogen and oxygen atoms in total. The maximum atomic E-state index is 4.45. The molecule has 1 N–H and O–H groups in total. The minimum absolute atomic E-state index is 0.464. The van der Waals surface area contributed by atoms with E-state index >= 15 is 0 Å². The van der Waals surface area contributed by atoms with Crippen molar-refractivity contribution >= 4 is 5.82 Å². The number of nitrogens with zero attached hydrogens (tertiary/aromatic N) is 2. The molecule has 0 radical (unpaired) electrons. The third-order valence-electron chi connectivity index (χ3n) is 3.76. The van der Waals surface area contributed by atoms with E-state index in [1.165, 1.54) is 25.7 Å². The van der Waals surface area contributed by atoms with Crippen LogP contribution in [0.15, 0.2) is 6.07 Å². The van der Waals surface area contributed by atoms with Crippen molar-refractivity contribution in [2.24, 2.45) is 5.41 Å². The summed E-state index contributed by atoms with van der Waals surface area (Å²) in [6, 6.07) is 2.07. The lowest BCUT2D eigenvalue weighted by Gasteiger charge is -2.24. The summed E-state index contributed by atoms with van der Waals surface area (Å²) < 4.78 is 0. The molecule has 1 saturated carbocycles. The number of nitrogens with one attached hydrogen (secondary N) is 1. The van der Waals surface area contributed by atoms with E-state index in [0.29, 0.717) is 5.41 Å². The normalized spacial score (nSPS) is 18.3. The largest absolute Gasteiger partial charge is 0.369 e. The van der Waals surface area contributed by atoms with Crippen LogP contribution in [-0.4, -0.2) is 16.5 Å². The number of aromatic nitrogens is 2. The van der Waals surface area contributed by atoms with Crippen molar-refractivity contribution in [3.8, 4) is 0 Å².